The van der Waals surface area contributed by atoms with Gasteiger partial charge in [-0.1, -0.05) is 66.7 Å². The van der Waals surface area contributed by atoms with Crippen molar-refractivity contribution in [2.75, 3.05) is 0 Å². The van der Waals surface area contributed by atoms with Gasteiger partial charge in [0.2, 0.25) is 0 Å². The van der Waals surface area contributed by atoms with Gasteiger partial charge in [0.25, 0.3) is 0 Å². The molecule has 0 heterocycles. The SMILES string of the molecule is N#C[C@@H]1C2c3ccccc3C(c3ccccc32)[C@H]1S(=O)(=O)c1ccccc1. The first kappa shape index (κ1) is 16.3. The van der Waals surface area contributed by atoms with E-state index in [0.29, 0.717) is 0 Å². The van der Waals surface area contributed by atoms with E-state index in [1.807, 2.05) is 48.5 Å². The number of sulfone groups is 1. The van der Waals surface area contributed by atoms with Crippen LogP contribution in [0.25, 0.3) is 0 Å². The van der Waals surface area contributed by atoms with Gasteiger partial charge in [0.15, 0.2) is 9.84 Å². The Morgan fingerprint density at radius 3 is 1.59 bits per heavy atom. The average Bonchev–Trinajstić information content (AvgIpc) is 2.73. The van der Waals surface area contributed by atoms with Crippen molar-refractivity contribution in [3.63, 3.8) is 0 Å². The molecule has 2 bridgehead atoms. The number of rotatable bonds is 2. The second kappa shape index (κ2) is 5.80. The third kappa shape index (κ3) is 2.15. The summed E-state index contributed by atoms with van der Waals surface area (Å²) < 4.78 is 27.2. The molecule has 3 aliphatic rings. The summed E-state index contributed by atoms with van der Waals surface area (Å²) in [6.45, 7) is 0. The molecule has 0 aromatic heterocycles. The van der Waals surface area contributed by atoms with Crippen LogP contribution < -0.4 is 0 Å². The predicted octanol–water partition coefficient (Wildman–Crippen LogP) is 4.26. The Morgan fingerprint density at radius 2 is 1.11 bits per heavy atom. The number of nitrogens with zero attached hydrogens (tertiary/aromatic N) is 1. The van der Waals surface area contributed by atoms with Crippen LogP contribution in [0.1, 0.15) is 34.1 Å². The van der Waals surface area contributed by atoms with Crippen LogP contribution in [0.3, 0.4) is 0 Å². The van der Waals surface area contributed by atoms with Crippen molar-refractivity contribution < 1.29 is 8.42 Å². The molecule has 0 amide bonds. The summed E-state index contributed by atoms with van der Waals surface area (Å²) in [5.74, 6) is -1.14. The van der Waals surface area contributed by atoms with E-state index in [4.69, 9.17) is 0 Å². The van der Waals surface area contributed by atoms with E-state index in [9.17, 15) is 13.7 Å². The first-order valence-corrected chi connectivity index (χ1v) is 10.6. The minimum absolute atomic E-state index is 0.212. The van der Waals surface area contributed by atoms with Gasteiger partial charge in [-0.3, -0.25) is 0 Å². The number of benzene rings is 3. The van der Waals surface area contributed by atoms with E-state index >= 15 is 0 Å². The number of nitriles is 1. The Labute approximate surface area is 158 Å². The Morgan fingerprint density at radius 1 is 0.667 bits per heavy atom. The van der Waals surface area contributed by atoms with Crippen LogP contribution in [-0.2, 0) is 9.84 Å². The van der Waals surface area contributed by atoms with Gasteiger partial charge in [-0.05, 0) is 34.4 Å². The fraction of sp³-hybridized carbons (Fsp3) is 0.174. The summed E-state index contributed by atoms with van der Waals surface area (Å²) in [6.07, 6.45) is 0. The summed E-state index contributed by atoms with van der Waals surface area (Å²) >= 11 is 0. The van der Waals surface area contributed by atoms with Crippen molar-refractivity contribution in [1.29, 1.82) is 5.26 Å². The quantitative estimate of drug-likeness (QED) is 0.676. The normalized spacial score (nSPS) is 25.3. The standard InChI is InChI=1S/C23H17NO2S/c24-14-20-21-16-10-4-6-12-18(16)22(19-13-7-5-11-17(19)21)23(20)27(25,26)15-8-2-1-3-9-15/h1-13,20-23H/t20-,21?,22?,23+/m1/s1. The highest BCUT2D eigenvalue weighted by atomic mass is 32.2. The molecule has 6 rings (SSSR count). The Hall–Kier alpha value is -2.90. The maximum Gasteiger partial charge on any atom is 0.183 e. The van der Waals surface area contributed by atoms with Crippen LogP contribution >= 0.6 is 0 Å². The zero-order chi connectivity index (χ0) is 18.6. The van der Waals surface area contributed by atoms with Gasteiger partial charge in [0, 0.05) is 11.8 Å². The highest BCUT2D eigenvalue weighted by Gasteiger charge is 2.55. The van der Waals surface area contributed by atoms with Gasteiger partial charge in [-0.15, -0.1) is 0 Å². The third-order valence-electron chi connectivity index (χ3n) is 5.95. The predicted molar refractivity (Wildman–Crippen MR) is 103 cm³/mol. The monoisotopic (exact) mass is 371 g/mol. The molecule has 27 heavy (non-hydrogen) atoms. The first-order valence-electron chi connectivity index (χ1n) is 9.01. The molecule has 0 saturated carbocycles. The minimum Gasteiger partial charge on any atom is -0.223 e. The topological polar surface area (TPSA) is 57.9 Å². The lowest BCUT2D eigenvalue weighted by Gasteiger charge is -2.47. The van der Waals surface area contributed by atoms with E-state index in [0.717, 1.165) is 22.3 Å². The lowest BCUT2D eigenvalue weighted by atomic mass is 9.59. The highest BCUT2D eigenvalue weighted by molar-refractivity contribution is 7.92. The molecule has 2 atom stereocenters. The molecule has 0 saturated heterocycles. The van der Waals surface area contributed by atoms with Crippen molar-refractivity contribution in [3.05, 3.63) is 101 Å². The second-order valence-electron chi connectivity index (χ2n) is 7.19. The van der Waals surface area contributed by atoms with Crippen LogP contribution in [0, 0.1) is 17.2 Å². The molecule has 3 nitrogen and oxygen atoms in total. The number of fused-ring (bicyclic) bond motifs is 1. The number of hydrogen-bond donors (Lipinski definition) is 0. The largest absolute Gasteiger partial charge is 0.223 e. The fourth-order valence-electron chi connectivity index (χ4n) is 4.92. The van der Waals surface area contributed by atoms with Crippen molar-refractivity contribution >= 4 is 9.84 Å². The molecule has 0 aliphatic heterocycles. The molecule has 0 N–H and O–H groups in total. The van der Waals surface area contributed by atoms with Crippen molar-refractivity contribution in [2.24, 2.45) is 5.92 Å². The zero-order valence-electron chi connectivity index (χ0n) is 14.5. The molecule has 4 heteroatoms. The van der Waals surface area contributed by atoms with Gasteiger partial charge >= 0.3 is 0 Å². The summed E-state index contributed by atoms with van der Waals surface area (Å²) in [6, 6.07) is 26.9. The van der Waals surface area contributed by atoms with Gasteiger partial charge in [-0.2, -0.15) is 5.26 Å². The van der Waals surface area contributed by atoms with Crippen LogP contribution in [0.15, 0.2) is 83.8 Å². The van der Waals surface area contributed by atoms with Gasteiger partial charge in [-0.25, -0.2) is 8.42 Å². The molecule has 132 valence electrons. The molecule has 0 spiro atoms. The molecule has 3 aromatic rings. The molecule has 3 aliphatic carbocycles. The summed E-state index contributed by atoms with van der Waals surface area (Å²) in [4.78, 5) is 0.290. The van der Waals surface area contributed by atoms with E-state index in [-0.39, 0.29) is 16.7 Å². The maximum atomic E-state index is 13.6. The summed E-state index contributed by atoms with van der Waals surface area (Å²) in [5.41, 5.74) is 4.26. The fourth-order valence-corrected chi connectivity index (χ4v) is 7.02. The van der Waals surface area contributed by atoms with Gasteiger partial charge in [0.1, 0.15) is 0 Å². The summed E-state index contributed by atoms with van der Waals surface area (Å²) in [5, 5.41) is 9.25. The Balaban J connectivity index is 1.81. The Bertz CT molecular complexity index is 1130. The van der Waals surface area contributed by atoms with Crippen LogP contribution in [0.4, 0.5) is 0 Å². The molecule has 0 radical (unpaired) electrons. The minimum atomic E-state index is -3.66. The lowest BCUT2D eigenvalue weighted by molar-refractivity contribution is 0.422. The smallest absolute Gasteiger partial charge is 0.183 e. The molecular weight excluding hydrogens is 354 g/mol. The molecular formula is C23H17NO2S. The van der Waals surface area contributed by atoms with Crippen LogP contribution in [-0.4, -0.2) is 13.7 Å². The van der Waals surface area contributed by atoms with Gasteiger partial charge < -0.3 is 0 Å². The summed E-state index contributed by atoms with van der Waals surface area (Å²) in [7, 11) is -3.66. The van der Waals surface area contributed by atoms with E-state index < -0.39 is 21.0 Å². The Kier molecular flexibility index (Phi) is 3.50. The molecule has 3 aromatic carbocycles. The average molecular weight is 371 g/mol. The zero-order valence-corrected chi connectivity index (χ0v) is 15.3. The van der Waals surface area contributed by atoms with E-state index in [2.05, 4.69) is 6.07 Å². The van der Waals surface area contributed by atoms with Crippen molar-refractivity contribution in [1.82, 2.24) is 0 Å². The van der Waals surface area contributed by atoms with E-state index in [1.54, 1.807) is 30.3 Å². The van der Waals surface area contributed by atoms with Crippen molar-refractivity contribution in [3.8, 4) is 6.07 Å². The molecule has 0 fully saturated rings. The van der Waals surface area contributed by atoms with E-state index in [1.165, 1.54) is 0 Å². The van der Waals surface area contributed by atoms with Crippen LogP contribution in [0.2, 0.25) is 0 Å². The third-order valence-corrected chi connectivity index (χ3v) is 8.16. The highest BCUT2D eigenvalue weighted by Crippen LogP contribution is 2.57. The molecule has 0 unspecified atom stereocenters. The second-order valence-corrected chi connectivity index (χ2v) is 9.30. The lowest BCUT2D eigenvalue weighted by Crippen LogP contribution is -2.47. The van der Waals surface area contributed by atoms with Crippen molar-refractivity contribution in [2.45, 2.75) is 22.0 Å². The maximum absolute atomic E-state index is 13.6. The van der Waals surface area contributed by atoms with Crippen LogP contribution in [0.5, 0.6) is 0 Å². The first-order chi connectivity index (χ1) is 13.1. The van der Waals surface area contributed by atoms with Gasteiger partial charge in [0.05, 0.1) is 22.1 Å². The number of hydrogen-bond acceptors (Lipinski definition) is 3.